The van der Waals surface area contributed by atoms with Gasteiger partial charge in [-0.2, -0.15) is 5.26 Å². The molecule has 0 spiro atoms. The monoisotopic (exact) mass is 421 g/mol. The van der Waals surface area contributed by atoms with Gasteiger partial charge in [0.2, 0.25) is 0 Å². The molecule has 0 aromatic heterocycles. The first-order valence-corrected chi connectivity index (χ1v) is 10.6. The summed E-state index contributed by atoms with van der Waals surface area (Å²) in [6.07, 6.45) is 0. The largest absolute Gasteiger partial charge is 0.495 e. The summed E-state index contributed by atoms with van der Waals surface area (Å²) in [7, 11) is -2.28. The fourth-order valence-corrected chi connectivity index (χ4v) is 4.80. The van der Waals surface area contributed by atoms with E-state index in [4.69, 9.17) is 15.2 Å². The minimum absolute atomic E-state index is 0.162. The second kappa shape index (κ2) is 7.61. The summed E-state index contributed by atoms with van der Waals surface area (Å²) < 4.78 is 38.9. The maximum Gasteiger partial charge on any atom is 0.264 e. The molecule has 1 heterocycles. The molecule has 0 saturated heterocycles. The van der Waals surface area contributed by atoms with Crippen LogP contribution in [0.2, 0.25) is 0 Å². The van der Waals surface area contributed by atoms with Crippen LogP contribution in [0.3, 0.4) is 0 Å². The molecule has 30 heavy (non-hydrogen) atoms. The van der Waals surface area contributed by atoms with Gasteiger partial charge in [0.25, 0.3) is 10.0 Å². The Bertz CT molecular complexity index is 1250. The van der Waals surface area contributed by atoms with E-state index in [1.54, 1.807) is 42.5 Å². The second-order valence-electron chi connectivity index (χ2n) is 6.70. The predicted octanol–water partition coefficient (Wildman–Crippen LogP) is 3.40. The number of hydrogen-bond donors (Lipinski definition) is 1. The summed E-state index contributed by atoms with van der Waals surface area (Å²) in [6, 6.07) is 18.8. The van der Waals surface area contributed by atoms with Crippen molar-refractivity contribution >= 4 is 21.4 Å². The van der Waals surface area contributed by atoms with E-state index in [-0.39, 0.29) is 18.0 Å². The van der Waals surface area contributed by atoms with E-state index in [9.17, 15) is 13.7 Å². The smallest absolute Gasteiger partial charge is 0.264 e. The Morgan fingerprint density at radius 3 is 2.47 bits per heavy atom. The SMILES string of the molecule is COc1cc(-c2ccc3c(c2)N(S(=O)(=O)c2ccc(N)cc2)CCO3)ccc1C#N. The Morgan fingerprint density at radius 1 is 1.07 bits per heavy atom. The van der Waals surface area contributed by atoms with E-state index >= 15 is 0 Å². The zero-order valence-corrected chi connectivity index (χ0v) is 17.0. The van der Waals surface area contributed by atoms with Crippen LogP contribution in [0.25, 0.3) is 11.1 Å². The van der Waals surface area contributed by atoms with Gasteiger partial charge in [-0.25, -0.2) is 8.42 Å². The lowest BCUT2D eigenvalue weighted by atomic mass is 10.0. The molecule has 3 aromatic rings. The van der Waals surface area contributed by atoms with Gasteiger partial charge >= 0.3 is 0 Å². The molecule has 1 aliphatic heterocycles. The molecule has 8 heteroatoms. The Labute approximate surface area is 174 Å². The van der Waals surface area contributed by atoms with E-state index < -0.39 is 10.0 Å². The third kappa shape index (κ3) is 3.40. The molecule has 0 aliphatic carbocycles. The highest BCUT2D eigenvalue weighted by molar-refractivity contribution is 7.92. The first-order chi connectivity index (χ1) is 14.4. The number of methoxy groups -OCH3 is 1. The fraction of sp³-hybridized carbons (Fsp3) is 0.136. The zero-order chi connectivity index (χ0) is 21.3. The molecule has 152 valence electrons. The van der Waals surface area contributed by atoms with Gasteiger partial charge in [-0.1, -0.05) is 12.1 Å². The number of nitrogens with zero attached hydrogens (tertiary/aromatic N) is 2. The van der Waals surface area contributed by atoms with Crippen molar-refractivity contribution < 1.29 is 17.9 Å². The normalized spacial score (nSPS) is 13.1. The van der Waals surface area contributed by atoms with Crippen molar-refractivity contribution in [2.24, 2.45) is 0 Å². The number of nitrogen functional groups attached to an aromatic ring is 1. The number of anilines is 2. The zero-order valence-electron chi connectivity index (χ0n) is 16.2. The summed E-state index contributed by atoms with van der Waals surface area (Å²) in [6.45, 7) is 0.449. The molecule has 0 saturated carbocycles. The van der Waals surface area contributed by atoms with Crippen molar-refractivity contribution in [2.75, 3.05) is 30.3 Å². The number of ether oxygens (including phenoxy) is 2. The average molecular weight is 421 g/mol. The molecule has 2 N–H and O–H groups in total. The van der Waals surface area contributed by atoms with Crippen LogP contribution < -0.4 is 19.5 Å². The summed E-state index contributed by atoms with van der Waals surface area (Å²) in [4.78, 5) is 0.162. The van der Waals surface area contributed by atoms with Gasteiger partial charge in [-0.05, 0) is 59.7 Å². The van der Waals surface area contributed by atoms with Gasteiger partial charge in [0.15, 0.2) is 0 Å². The topological polar surface area (TPSA) is 106 Å². The maximum atomic E-state index is 13.3. The molecule has 0 unspecified atom stereocenters. The summed E-state index contributed by atoms with van der Waals surface area (Å²) in [5.74, 6) is 0.944. The number of fused-ring (bicyclic) bond motifs is 1. The molecule has 0 amide bonds. The molecule has 3 aromatic carbocycles. The molecule has 0 atom stereocenters. The highest BCUT2D eigenvalue weighted by Crippen LogP contribution is 2.39. The molecule has 0 radical (unpaired) electrons. The van der Waals surface area contributed by atoms with E-state index in [1.807, 2.05) is 6.07 Å². The van der Waals surface area contributed by atoms with Crippen molar-refractivity contribution in [3.63, 3.8) is 0 Å². The van der Waals surface area contributed by atoms with Crippen molar-refractivity contribution in [1.82, 2.24) is 0 Å². The molecular formula is C22H19N3O4S. The first kappa shape index (κ1) is 19.6. The van der Waals surface area contributed by atoms with Crippen LogP contribution in [0, 0.1) is 11.3 Å². The average Bonchev–Trinajstić information content (AvgIpc) is 2.78. The van der Waals surface area contributed by atoms with Crippen LogP contribution in [0.1, 0.15) is 5.56 Å². The lowest BCUT2D eigenvalue weighted by Crippen LogP contribution is -2.37. The maximum absolute atomic E-state index is 13.3. The van der Waals surface area contributed by atoms with Gasteiger partial charge in [0, 0.05) is 5.69 Å². The summed E-state index contributed by atoms with van der Waals surface area (Å²) in [5.41, 5.74) is 8.64. The Hall–Kier alpha value is -3.70. The van der Waals surface area contributed by atoms with Gasteiger partial charge in [-0.3, -0.25) is 4.31 Å². The van der Waals surface area contributed by atoms with E-state index in [0.29, 0.717) is 28.4 Å². The van der Waals surface area contributed by atoms with Gasteiger partial charge in [0.05, 0.1) is 29.8 Å². The summed E-state index contributed by atoms with van der Waals surface area (Å²) in [5, 5.41) is 9.19. The molecule has 4 rings (SSSR count). The molecule has 1 aliphatic rings. The minimum atomic E-state index is -3.78. The van der Waals surface area contributed by atoms with Crippen molar-refractivity contribution in [2.45, 2.75) is 4.90 Å². The Morgan fingerprint density at radius 2 is 1.77 bits per heavy atom. The van der Waals surface area contributed by atoms with Gasteiger partial charge in [-0.15, -0.1) is 0 Å². The fourth-order valence-electron chi connectivity index (χ4n) is 3.35. The lowest BCUT2D eigenvalue weighted by Gasteiger charge is -2.31. The van der Waals surface area contributed by atoms with E-state index in [1.165, 1.54) is 23.5 Å². The molecule has 0 bridgehead atoms. The Kier molecular flexibility index (Phi) is 4.98. The van der Waals surface area contributed by atoms with E-state index in [2.05, 4.69) is 6.07 Å². The number of benzene rings is 3. The number of hydrogen-bond acceptors (Lipinski definition) is 6. The number of nitriles is 1. The van der Waals surface area contributed by atoms with Crippen LogP contribution in [0.4, 0.5) is 11.4 Å². The lowest BCUT2D eigenvalue weighted by molar-refractivity contribution is 0.316. The van der Waals surface area contributed by atoms with Crippen LogP contribution in [0.15, 0.2) is 65.6 Å². The van der Waals surface area contributed by atoms with Crippen molar-refractivity contribution in [1.29, 1.82) is 5.26 Å². The first-order valence-electron chi connectivity index (χ1n) is 9.17. The van der Waals surface area contributed by atoms with Crippen LogP contribution in [-0.2, 0) is 10.0 Å². The van der Waals surface area contributed by atoms with Gasteiger partial charge in [0.1, 0.15) is 24.2 Å². The van der Waals surface area contributed by atoms with Crippen molar-refractivity contribution in [3.8, 4) is 28.7 Å². The van der Waals surface area contributed by atoms with Gasteiger partial charge < -0.3 is 15.2 Å². The molecule has 0 fully saturated rings. The molecular weight excluding hydrogens is 402 g/mol. The number of sulfonamides is 1. The van der Waals surface area contributed by atoms with Crippen LogP contribution in [-0.4, -0.2) is 28.7 Å². The van der Waals surface area contributed by atoms with E-state index in [0.717, 1.165) is 11.1 Å². The summed E-state index contributed by atoms with van der Waals surface area (Å²) >= 11 is 0. The third-order valence-electron chi connectivity index (χ3n) is 4.90. The minimum Gasteiger partial charge on any atom is -0.495 e. The highest BCUT2D eigenvalue weighted by atomic mass is 32.2. The van der Waals surface area contributed by atoms with Crippen LogP contribution >= 0.6 is 0 Å². The highest BCUT2D eigenvalue weighted by Gasteiger charge is 2.30. The van der Waals surface area contributed by atoms with Crippen molar-refractivity contribution in [3.05, 3.63) is 66.2 Å². The van der Waals surface area contributed by atoms with Crippen LogP contribution in [0.5, 0.6) is 11.5 Å². The molecule has 7 nitrogen and oxygen atoms in total. The number of nitrogens with two attached hydrogens (primary N) is 1. The second-order valence-corrected chi connectivity index (χ2v) is 8.57. The number of rotatable bonds is 4. The third-order valence-corrected chi connectivity index (χ3v) is 6.73. The standard InChI is InChI=1S/C22H19N3O4S/c1-28-22-13-16(2-3-17(22)14-23)15-4-9-21-20(12-15)25(10-11-29-21)30(26,27)19-7-5-18(24)6-8-19/h2-9,12-13H,10-11,24H2,1H3. The predicted molar refractivity (Wildman–Crippen MR) is 114 cm³/mol. The quantitative estimate of drug-likeness (QED) is 0.647. The Balaban J connectivity index is 1.79.